The highest BCUT2D eigenvalue weighted by Crippen LogP contribution is 2.20. The first-order valence-corrected chi connectivity index (χ1v) is 7.71. The summed E-state index contributed by atoms with van der Waals surface area (Å²) >= 11 is 7.16. The Balaban J connectivity index is 2.14. The van der Waals surface area contributed by atoms with Crippen LogP contribution in [0.15, 0.2) is 16.8 Å². The van der Waals surface area contributed by atoms with E-state index in [1.807, 2.05) is 11.7 Å². The van der Waals surface area contributed by atoms with Crippen LogP contribution in [0.25, 0.3) is 11.2 Å². The molecule has 1 N–H and O–H groups in total. The molecule has 19 heavy (non-hydrogen) atoms. The molecule has 0 unspecified atom stereocenters. The monoisotopic (exact) mass is 292 g/mol. The van der Waals surface area contributed by atoms with E-state index in [1.165, 1.54) is 5.56 Å². The van der Waals surface area contributed by atoms with E-state index in [0.717, 1.165) is 41.0 Å². The molecular formula is C13H16N4S2. The Kier molecular flexibility index (Phi) is 3.28. The quantitative estimate of drug-likeness (QED) is 0.748. The van der Waals surface area contributed by atoms with Gasteiger partial charge in [-0.2, -0.15) is 16.4 Å². The molecular weight excluding hydrogens is 276 g/mol. The van der Waals surface area contributed by atoms with Gasteiger partial charge in [-0.3, -0.25) is 9.25 Å². The van der Waals surface area contributed by atoms with Crippen LogP contribution in [0.1, 0.15) is 24.6 Å². The van der Waals surface area contributed by atoms with Crippen molar-refractivity contribution in [3.8, 4) is 0 Å². The Bertz CT molecular complexity index is 746. The molecule has 0 saturated carbocycles. The molecule has 0 aromatic carbocycles. The van der Waals surface area contributed by atoms with E-state index in [4.69, 9.17) is 12.2 Å². The number of nitrogens with zero attached hydrogens (tertiary/aromatic N) is 3. The van der Waals surface area contributed by atoms with Crippen molar-refractivity contribution in [1.29, 1.82) is 0 Å². The summed E-state index contributed by atoms with van der Waals surface area (Å²) < 4.78 is 4.82. The molecule has 0 atom stereocenters. The smallest absolute Gasteiger partial charge is 0.179 e. The molecule has 4 nitrogen and oxygen atoms in total. The number of hydrogen-bond acceptors (Lipinski definition) is 3. The Morgan fingerprint density at radius 2 is 2.32 bits per heavy atom. The number of thiophene rings is 1. The molecule has 0 radical (unpaired) electrons. The summed E-state index contributed by atoms with van der Waals surface area (Å²) in [6, 6.07) is 2.13. The van der Waals surface area contributed by atoms with Gasteiger partial charge in [0.05, 0.1) is 12.2 Å². The predicted molar refractivity (Wildman–Crippen MR) is 81.3 cm³/mol. The lowest BCUT2D eigenvalue weighted by molar-refractivity contribution is 0.703. The van der Waals surface area contributed by atoms with Crippen molar-refractivity contribution < 1.29 is 0 Å². The average Bonchev–Trinajstić information content (AvgIpc) is 3.04. The highest BCUT2D eigenvalue weighted by atomic mass is 32.1. The molecule has 0 aliphatic heterocycles. The fraction of sp³-hybridized carbons (Fsp3) is 0.385. The third-order valence-corrected chi connectivity index (χ3v) is 4.28. The van der Waals surface area contributed by atoms with Crippen LogP contribution in [0.3, 0.4) is 0 Å². The summed E-state index contributed by atoms with van der Waals surface area (Å²) in [6.07, 6.45) is 2.06. The molecule has 3 heterocycles. The molecule has 0 saturated heterocycles. The molecule has 0 aliphatic carbocycles. The number of fused-ring (bicyclic) bond motifs is 1. The van der Waals surface area contributed by atoms with Crippen molar-refractivity contribution in [2.24, 2.45) is 7.05 Å². The van der Waals surface area contributed by atoms with Crippen molar-refractivity contribution in [3.05, 3.63) is 32.9 Å². The van der Waals surface area contributed by atoms with Crippen LogP contribution in [0, 0.1) is 4.77 Å². The highest BCUT2D eigenvalue weighted by molar-refractivity contribution is 7.71. The molecule has 0 aliphatic rings. The number of hydrogen-bond donors (Lipinski definition) is 1. The number of nitrogens with one attached hydrogen (secondary N) is 1. The minimum atomic E-state index is 0.770. The second-order valence-corrected chi connectivity index (χ2v) is 5.83. The maximum absolute atomic E-state index is 5.45. The maximum Gasteiger partial charge on any atom is 0.179 e. The van der Waals surface area contributed by atoms with E-state index in [0.29, 0.717) is 0 Å². The summed E-state index contributed by atoms with van der Waals surface area (Å²) in [5.74, 6) is 0. The molecule has 6 heteroatoms. The number of aryl methyl sites for hydroxylation is 2. The van der Waals surface area contributed by atoms with E-state index < -0.39 is 0 Å². The van der Waals surface area contributed by atoms with Gasteiger partial charge in [0, 0.05) is 7.05 Å². The van der Waals surface area contributed by atoms with Gasteiger partial charge < -0.3 is 4.98 Å². The largest absolute Gasteiger partial charge is 0.328 e. The Labute approximate surface area is 120 Å². The summed E-state index contributed by atoms with van der Waals surface area (Å²) in [7, 11) is 1.98. The average molecular weight is 292 g/mol. The summed E-state index contributed by atoms with van der Waals surface area (Å²) in [5.41, 5.74) is 4.56. The number of rotatable bonds is 4. The van der Waals surface area contributed by atoms with Crippen molar-refractivity contribution in [1.82, 2.24) is 19.3 Å². The molecule has 0 spiro atoms. The normalized spacial score (nSPS) is 11.5. The van der Waals surface area contributed by atoms with Gasteiger partial charge in [0.15, 0.2) is 10.4 Å². The highest BCUT2D eigenvalue weighted by Gasteiger charge is 2.14. The summed E-state index contributed by atoms with van der Waals surface area (Å²) in [4.78, 5) is 3.31. The molecule has 3 aromatic rings. The maximum atomic E-state index is 5.45. The van der Waals surface area contributed by atoms with Crippen LogP contribution in [-0.2, 0) is 20.0 Å². The Hall–Kier alpha value is -1.40. The van der Waals surface area contributed by atoms with E-state index >= 15 is 0 Å². The van der Waals surface area contributed by atoms with Crippen LogP contribution in [0.5, 0.6) is 0 Å². The van der Waals surface area contributed by atoms with Crippen LogP contribution in [0.4, 0.5) is 0 Å². The lowest BCUT2D eigenvalue weighted by Gasteiger charge is -2.02. The fourth-order valence-corrected chi connectivity index (χ4v) is 3.31. The van der Waals surface area contributed by atoms with Crippen molar-refractivity contribution >= 4 is 34.7 Å². The molecule has 100 valence electrons. The van der Waals surface area contributed by atoms with Crippen LogP contribution < -0.4 is 0 Å². The Morgan fingerprint density at radius 1 is 1.47 bits per heavy atom. The molecule has 0 fully saturated rings. The van der Waals surface area contributed by atoms with Gasteiger partial charge in [0.2, 0.25) is 0 Å². The lowest BCUT2D eigenvalue weighted by atomic mass is 10.2. The zero-order valence-electron chi connectivity index (χ0n) is 11.0. The van der Waals surface area contributed by atoms with Crippen LogP contribution in [-0.4, -0.2) is 19.3 Å². The second-order valence-electron chi connectivity index (χ2n) is 4.67. The summed E-state index contributed by atoms with van der Waals surface area (Å²) in [6.45, 7) is 2.96. The molecule has 3 rings (SSSR count). The predicted octanol–water partition coefficient (Wildman–Crippen LogP) is 3.49. The van der Waals surface area contributed by atoms with Crippen molar-refractivity contribution in [2.45, 2.75) is 26.3 Å². The third-order valence-electron chi connectivity index (χ3n) is 3.23. The SMILES string of the molecule is CCCc1nn(C)c2c1[nH]c(=S)n2Cc1ccsc1. The number of H-pyrrole nitrogens is 1. The van der Waals surface area contributed by atoms with Crippen molar-refractivity contribution in [2.75, 3.05) is 0 Å². The van der Waals surface area contributed by atoms with Gasteiger partial charge in [-0.05, 0) is 41.0 Å². The first-order chi connectivity index (χ1) is 9.20. The third kappa shape index (κ3) is 2.15. The Morgan fingerprint density at radius 3 is 3.00 bits per heavy atom. The minimum Gasteiger partial charge on any atom is -0.328 e. The lowest BCUT2D eigenvalue weighted by Crippen LogP contribution is -2.03. The first-order valence-electron chi connectivity index (χ1n) is 6.36. The van der Waals surface area contributed by atoms with Crippen LogP contribution in [0.2, 0.25) is 0 Å². The number of aromatic nitrogens is 4. The topological polar surface area (TPSA) is 38.5 Å². The van der Waals surface area contributed by atoms with Gasteiger partial charge in [-0.1, -0.05) is 13.3 Å². The number of imidazole rings is 1. The molecule has 0 bridgehead atoms. The second kappa shape index (κ2) is 4.94. The fourth-order valence-electron chi connectivity index (χ4n) is 2.40. The van der Waals surface area contributed by atoms with Gasteiger partial charge in [-0.15, -0.1) is 0 Å². The van der Waals surface area contributed by atoms with Gasteiger partial charge in [0.1, 0.15) is 5.52 Å². The van der Waals surface area contributed by atoms with E-state index in [-0.39, 0.29) is 0 Å². The first kappa shape index (κ1) is 12.6. The van der Waals surface area contributed by atoms with E-state index in [9.17, 15) is 0 Å². The molecule has 3 aromatic heterocycles. The van der Waals surface area contributed by atoms with Gasteiger partial charge >= 0.3 is 0 Å². The van der Waals surface area contributed by atoms with E-state index in [1.54, 1.807) is 11.3 Å². The van der Waals surface area contributed by atoms with Crippen LogP contribution >= 0.6 is 23.6 Å². The minimum absolute atomic E-state index is 0.770. The molecule has 0 amide bonds. The van der Waals surface area contributed by atoms with E-state index in [2.05, 4.69) is 38.4 Å². The van der Waals surface area contributed by atoms with Crippen molar-refractivity contribution in [3.63, 3.8) is 0 Å². The zero-order valence-corrected chi connectivity index (χ0v) is 12.6. The number of aromatic amines is 1. The van der Waals surface area contributed by atoms with Gasteiger partial charge in [-0.25, -0.2) is 0 Å². The zero-order chi connectivity index (χ0) is 13.4. The summed E-state index contributed by atoms with van der Waals surface area (Å²) in [5, 5.41) is 8.84. The van der Waals surface area contributed by atoms with Gasteiger partial charge in [0.25, 0.3) is 0 Å². The standard InChI is InChI=1S/C13H16N4S2/c1-3-4-10-11-12(16(2)15-10)17(13(18)14-11)7-9-5-6-19-8-9/h5-6,8H,3-4,7H2,1-2H3,(H,14,18).